The number of nitro benzene ring substituents is 1. The minimum atomic E-state index is -0.474. The van der Waals surface area contributed by atoms with Crippen LogP contribution >= 0.6 is 0 Å². The lowest BCUT2D eigenvalue weighted by Gasteiger charge is -2.03. The first-order valence-electron chi connectivity index (χ1n) is 3.91. The van der Waals surface area contributed by atoms with Crippen molar-refractivity contribution in [3.63, 3.8) is 0 Å². The van der Waals surface area contributed by atoms with Crippen LogP contribution in [0.2, 0.25) is 0 Å². The highest BCUT2D eigenvalue weighted by Crippen LogP contribution is 2.22. The molecular formula is C9H11NO3. The molecule has 0 aliphatic heterocycles. The van der Waals surface area contributed by atoms with E-state index in [9.17, 15) is 10.1 Å². The van der Waals surface area contributed by atoms with Crippen molar-refractivity contribution >= 4 is 5.69 Å². The number of nitro groups is 1. The molecule has 0 heterocycles. The summed E-state index contributed by atoms with van der Waals surface area (Å²) in [5.74, 6) is 0. The first-order valence-corrected chi connectivity index (χ1v) is 3.91. The molecule has 0 aliphatic carbocycles. The van der Waals surface area contributed by atoms with Crippen LogP contribution in [-0.2, 0) is 6.61 Å². The highest BCUT2D eigenvalue weighted by molar-refractivity contribution is 5.46. The monoisotopic (exact) mass is 181 g/mol. The van der Waals surface area contributed by atoms with Crippen molar-refractivity contribution in [2.24, 2.45) is 0 Å². The summed E-state index contributed by atoms with van der Waals surface area (Å²) in [6, 6.07) is 3.13. The van der Waals surface area contributed by atoms with Gasteiger partial charge in [0.1, 0.15) is 0 Å². The van der Waals surface area contributed by atoms with Gasteiger partial charge >= 0.3 is 0 Å². The second-order valence-corrected chi connectivity index (χ2v) is 2.98. The molecule has 0 saturated carbocycles. The van der Waals surface area contributed by atoms with Crippen molar-refractivity contribution in [2.75, 3.05) is 0 Å². The summed E-state index contributed by atoms with van der Waals surface area (Å²) in [5, 5.41) is 19.4. The summed E-state index contributed by atoms with van der Waals surface area (Å²) in [6.07, 6.45) is 0. The van der Waals surface area contributed by atoms with E-state index in [0.29, 0.717) is 5.56 Å². The van der Waals surface area contributed by atoms with Gasteiger partial charge in [0.15, 0.2) is 0 Å². The largest absolute Gasteiger partial charge is 0.391 e. The number of hydrogen-bond acceptors (Lipinski definition) is 3. The third-order valence-corrected chi connectivity index (χ3v) is 2.06. The van der Waals surface area contributed by atoms with E-state index in [1.807, 2.05) is 13.8 Å². The molecular weight excluding hydrogens is 170 g/mol. The van der Waals surface area contributed by atoms with Crippen LogP contribution < -0.4 is 0 Å². The Balaban J connectivity index is 3.33. The normalized spacial score (nSPS) is 10.1. The van der Waals surface area contributed by atoms with E-state index in [-0.39, 0.29) is 12.3 Å². The van der Waals surface area contributed by atoms with Gasteiger partial charge in [-0.1, -0.05) is 0 Å². The third kappa shape index (κ3) is 1.84. The first-order chi connectivity index (χ1) is 6.06. The predicted molar refractivity (Wildman–Crippen MR) is 48.5 cm³/mol. The molecule has 0 unspecified atom stereocenters. The Labute approximate surface area is 76.0 Å². The Bertz CT molecular complexity index is 347. The fraction of sp³-hybridized carbons (Fsp3) is 0.333. The molecule has 4 nitrogen and oxygen atoms in total. The van der Waals surface area contributed by atoms with E-state index in [1.54, 1.807) is 6.07 Å². The summed E-state index contributed by atoms with van der Waals surface area (Å²) in [5.41, 5.74) is 2.18. The van der Waals surface area contributed by atoms with Gasteiger partial charge in [0.05, 0.1) is 17.1 Å². The van der Waals surface area contributed by atoms with Crippen molar-refractivity contribution in [1.82, 2.24) is 0 Å². The van der Waals surface area contributed by atoms with E-state index < -0.39 is 4.92 Å². The van der Waals surface area contributed by atoms with E-state index in [4.69, 9.17) is 5.11 Å². The van der Waals surface area contributed by atoms with Gasteiger partial charge in [-0.2, -0.15) is 0 Å². The molecule has 1 N–H and O–H groups in total. The third-order valence-electron chi connectivity index (χ3n) is 2.06. The number of aliphatic hydroxyl groups excluding tert-OH is 1. The second kappa shape index (κ2) is 3.53. The molecule has 0 saturated heterocycles. The zero-order chi connectivity index (χ0) is 10.0. The fourth-order valence-electron chi connectivity index (χ4n) is 1.16. The minimum absolute atomic E-state index is 0.00870. The molecule has 0 radical (unpaired) electrons. The van der Waals surface area contributed by atoms with Crippen LogP contribution in [-0.4, -0.2) is 10.0 Å². The van der Waals surface area contributed by atoms with Crippen LogP contribution in [0.5, 0.6) is 0 Å². The number of hydrogen-bond donors (Lipinski definition) is 1. The van der Waals surface area contributed by atoms with Crippen molar-refractivity contribution in [3.05, 3.63) is 38.9 Å². The zero-order valence-corrected chi connectivity index (χ0v) is 7.57. The number of benzene rings is 1. The molecule has 0 atom stereocenters. The molecule has 0 fully saturated rings. The van der Waals surface area contributed by atoms with Crippen LogP contribution in [0.25, 0.3) is 0 Å². The summed E-state index contributed by atoms with van der Waals surface area (Å²) < 4.78 is 0. The van der Waals surface area contributed by atoms with Gasteiger partial charge in [0, 0.05) is 6.07 Å². The number of aliphatic hydroxyl groups is 1. The molecule has 4 heteroatoms. The number of nitrogens with zero attached hydrogens (tertiary/aromatic N) is 1. The average molecular weight is 181 g/mol. The maximum atomic E-state index is 10.5. The van der Waals surface area contributed by atoms with Crippen LogP contribution in [0, 0.1) is 24.0 Å². The van der Waals surface area contributed by atoms with Gasteiger partial charge in [-0.25, -0.2) is 0 Å². The van der Waals surface area contributed by atoms with Gasteiger partial charge < -0.3 is 5.11 Å². The summed E-state index contributed by atoms with van der Waals surface area (Å²) in [6.45, 7) is 3.37. The van der Waals surface area contributed by atoms with Crippen LogP contribution in [0.3, 0.4) is 0 Å². The maximum absolute atomic E-state index is 10.5. The Kier molecular flexibility index (Phi) is 2.63. The highest BCUT2D eigenvalue weighted by atomic mass is 16.6. The van der Waals surface area contributed by atoms with Crippen LogP contribution in [0.4, 0.5) is 5.69 Å². The lowest BCUT2D eigenvalue weighted by Crippen LogP contribution is -1.97. The molecule has 13 heavy (non-hydrogen) atoms. The Morgan fingerprint density at radius 1 is 1.38 bits per heavy atom. The topological polar surface area (TPSA) is 63.4 Å². The molecule has 0 aromatic heterocycles. The molecule has 0 spiro atoms. The summed E-state index contributed by atoms with van der Waals surface area (Å²) >= 11 is 0. The van der Waals surface area contributed by atoms with E-state index in [2.05, 4.69) is 0 Å². The van der Waals surface area contributed by atoms with Crippen LogP contribution in [0.1, 0.15) is 16.7 Å². The van der Waals surface area contributed by atoms with E-state index in [0.717, 1.165) is 11.1 Å². The van der Waals surface area contributed by atoms with Crippen molar-refractivity contribution < 1.29 is 10.0 Å². The van der Waals surface area contributed by atoms with Crippen LogP contribution in [0.15, 0.2) is 12.1 Å². The van der Waals surface area contributed by atoms with Gasteiger partial charge in [0.2, 0.25) is 0 Å². The van der Waals surface area contributed by atoms with Gasteiger partial charge in [0.25, 0.3) is 5.69 Å². The zero-order valence-electron chi connectivity index (χ0n) is 7.57. The first kappa shape index (κ1) is 9.67. The van der Waals surface area contributed by atoms with Crippen molar-refractivity contribution in [2.45, 2.75) is 20.5 Å². The van der Waals surface area contributed by atoms with Crippen molar-refractivity contribution in [1.29, 1.82) is 0 Å². The molecule has 0 bridgehead atoms. The predicted octanol–water partition coefficient (Wildman–Crippen LogP) is 1.70. The SMILES string of the molecule is Cc1cc(CO)c([N+](=O)[O-])cc1C. The fourth-order valence-corrected chi connectivity index (χ4v) is 1.16. The Morgan fingerprint density at radius 2 is 1.92 bits per heavy atom. The molecule has 1 aromatic rings. The van der Waals surface area contributed by atoms with Gasteiger partial charge in [-0.3, -0.25) is 10.1 Å². The smallest absolute Gasteiger partial charge is 0.275 e. The van der Waals surface area contributed by atoms with Crippen molar-refractivity contribution in [3.8, 4) is 0 Å². The Morgan fingerprint density at radius 3 is 2.38 bits per heavy atom. The molecule has 1 aromatic carbocycles. The Hall–Kier alpha value is -1.42. The van der Waals surface area contributed by atoms with E-state index >= 15 is 0 Å². The number of aryl methyl sites for hydroxylation is 2. The highest BCUT2D eigenvalue weighted by Gasteiger charge is 2.13. The summed E-state index contributed by atoms with van der Waals surface area (Å²) in [4.78, 5) is 10.1. The molecule has 70 valence electrons. The maximum Gasteiger partial charge on any atom is 0.275 e. The standard InChI is InChI=1S/C9H11NO3/c1-6-3-8(5-11)9(10(12)13)4-7(6)2/h3-4,11H,5H2,1-2H3. The quantitative estimate of drug-likeness (QED) is 0.558. The average Bonchev–Trinajstić information content (AvgIpc) is 2.08. The number of rotatable bonds is 2. The van der Waals surface area contributed by atoms with E-state index in [1.165, 1.54) is 6.07 Å². The lowest BCUT2D eigenvalue weighted by molar-refractivity contribution is -0.385. The molecule has 0 aliphatic rings. The van der Waals surface area contributed by atoms with Gasteiger partial charge in [-0.15, -0.1) is 0 Å². The lowest BCUT2D eigenvalue weighted by atomic mass is 10.0. The minimum Gasteiger partial charge on any atom is -0.391 e. The summed E-state index contributed by atoms with van der Waals surface area (Å²) in [7, 11) is 0. The second-order valence-electron chi connectivity index (χ2n) is 2.98. The van der Waals surface area contributed by atoms with Gasteiger partial charge in [-0.05, 0) is 31.0 Å². The molecule has 0 amide bonds. The molecule has 1 rings (SSSR count).